The van der Waals surface area contributed by atoms with E-state index < -0.39 is 0 Å². The van der Waals surface area contributed by atoms with Gasteiger partial charge in [0.05, 0.1) is 5.38 Å². The van der Waals surface area contributed by atoms with Gasteiger partial charge in [0, 0.05) is 12.5 Å². The van der Waals surface area contributed by atoms with Crippen molar-refractivity contribution < 1.29 is 4.40 Å². The Morgan fingerprint density at radius 2 is 2.00 bits per heavy atom. The first-order valence-electron chi connectivity index (χ1n) is 6.71. The van der Waals surface area contributed by atoms with E-state index in [-0.39, 0.29) is 0 Å². The number of hydrogen-bond acceptors (Lipinski definition) is 2. The molecule has 0 amide bonds. The van der Waals surface area contributed by atoms with Crippen molar-refractivity contribution in [3.63, 3.8) is 0 Å². The lowest BCUT2D eigenvalue weighted by atomic mass is 10.0. The van der Waals surface area contributed by atoms with E-state index in [1.165, 1.54) is 52.2 Å². The Bertz CT molecular complexity index is 689. The van der Waals surface area contributed by atoms with E-state index in [2.05, 4.69) is 34.0 Å². The molecule has 0 saturated heterocycles. The summed E-state index contributed by atoms with van der Waals surface area (Å²) >= 11 is 3.83. The molecule has 2 aromatic heterocycles. The van der Waals surface area contributed by atoms with E-state index >= 15 is 0 Å². The third-order valence-electron chi connectivity index (χ3n) is 4.04. The number of para-hydroxylation sites is 1. The molecule has 4 rings (SSSR count). The monoisotopic (exact) mass is 274 g/mol. The Morgan fingerprint density at radius 1 is 1.17 bits per heavy atom. The number of rotatable bonds is 2. The average Bonchev–Trinajstić information content (AvgIpc) is 3.07. The van der Waals surface area contributed by atoms with Gasteiger partial charge in [-0.15, -0.1) is 4.40 Å². The van der Waals surface area contributed by atoms with Crippen LogP contribution in [0.4, 0.5) is 0 Å². The maximum Gasteiger partial charge on any atom is 0.326 e. The molecule has 92 valence electrons. The van der Waals surface area contributed by atoms with E-state index in [4.69, 9.17) is 0 Å². The van der Waals surface area contributed by atoms with E-state index in [1.54, 1.807) is 0 Å². The van der Waals surface area contributed by atoms with Crippen LogP contribution in [0.1, 0.15) is 31.4 Å². The van der Waals surface area contributed by atoms with Crippen LogP contribution in [0, 0.1) is 5.92 Å². The first-order chi connectivity index (χ1) is 8.92. The summed E-state index contributed by atoms with van der Waals surface area (Å²) in [6.07, 6.45) is 7.01. The number of aromatic nitrogens is 1. The Hall–Kier alpha value is -0.930. The number of hydrogen-bond donors (Lipinski definition) is 0. The second-order valence-electron chi connectivity index (χ2n) is 5.25. The highest BCUT2D eigenvalue weighted by molar-refractivity contribution is 7.37. The van der Waals surface area contributed by atoms with Crippen molar-refractivity contribution in [3.05, 3.63) is 35.3 Å². The van der Waals surface area contributed by atoms with Crippen molar-refractivity contribution in [2.45, 2.75) is 32.1 Å². The minimum atomic E-state index is 0.925. The standard InChI is InChI=1S/C15H16NS2/c1-2-6-11(5-1)9-12-10-17-15-16(12)13-7-3-4-8-14(13)18-15/h3-4,7-8,10-11H,1-2,5-6,9H2/q+1. The van der Waals surface area contributed by atoms with E-state index in [1.807, 2.05) is 22.7 Å². The molecule has 0 bridgehead atoms. The van der Waals surface area contributed by atoms with Gasteiger partial charge >= 0.3 is 4.14 Å². The van der Waals surface area contributed by atoms with Crippen molar-refractivity contribution in [2.24, 2.45) is 5.92 Å². The van der Waals surface area contributed by atoms with Crippen molar-refractivity contribution in [1.82, 2.24) is 0 Å². The van der Waals surface area contributed by atoms with Crippen LogP contribution in [0.3, 0.4) is 0 Å². The fourth-order valence-corrected chi connectivity index (χ4v) is 5.41. The molecular weight excluding hydrogens is 258 g/mol. The lowest BCUT2D eigenvalue weighted by Gasteiger charge is -2.02. The predicted octanol–water partition coefficient (Wildman–Crippen LogP) is 4.43. The number of thiazole rings is 2. The van der Waals surface area contributed by atoms with Crippen LogP contribution in [-0.2, 0) is 6.42 Å². The van der Waals surface area contributed by atoms with Gasteiger partial charge in [0.25, 0.3) is 0 Å². The summed E-state index contributed by atoms with van der Waals surface area (Å²) < 4.78 is 5.34. The maximum atomic E-state index is 2.49. The lowest BCUT2D eigenvalue weighted by Crippen LogP contribution is -2.23. The van der Waals surface area contributed by atoms with Crippen LogP contribution in [0.5, 0.6) is 0 Å². The molecule has 1 nitrogen and oxygen atoms in total. The van der Waals surface area contributed by atoms with Crippen molar-refractivity contribution in [2.75, 3.05) is 0 Å². The molecule has 3 heteroatoms. The fraction of sp³-hybridized carbons (Fsp3) is 0.400. The Kier molecular flexibility index (Phi) is 2.63. The fourth-order valence-electron chi connectivity index (χ4n) is 3.14. The second kappa shape index (κ2) is 4.32. The van der Waals surface area contributed by atoms with Crippen LogP contribution in [0.2, 0.25) is 0 Å². The highest BCUT2D eigenvalue weighted by Crippen LogP contribution is 2.30. The zero-order valence-electron chi connectivity index (χ0n) is 10.3. The average molecular weight is 274 g/mol. The van der Waals surface area contributed by atoms with E-state index in [9.17, 15) is 0 Å². The number of nitrogens with zero attached hydrogens (tertiary/aromatic N) is 1. The van der Waals surface area contributed by atoms with Gasteiger partial charge in [-0.1, -0.05) is 47.6 Å². The molecule has 1 fully saturated rings. The van der Waals surface area contributed by atoms with Crippen LogP contribution >= 0.6 is 22.7 Å². The van der Waals surface area contributed by atoms with Crippen LogP contribution < -0.4 is 4.40 Å². The topological polar surface area (TPSA) is 4.10 Å². The number of fused-ring (bicyclic) bond motifs is 3. The van der Waals surface area contributed by atoms with E-state index in [0.29, 0.717) is 0 Å². The summed E-state index contributed by atoms with van der Waals surface area (Å²) in [4.78, 5) is 0. The largest absolute Gasteiger partial charge is 0.326 e. The molecule has 1 saturated carbocycles. The molecule has 2 heterocycles. The molecule has 0 unspecified atom stereocenters. The summed E-state index contributed by atoms with van der Waals surface area (Å²) in [6.45, 7) is 0. The zero-order valence-corrected chi connectivity index (χ0v) is 11.9. The molecule has 1 aliphatic carbocycles. The van der Waals surface area contributed by atoms with Crippen molar-refractivity contribution in [3.8, 4) is 0 Å². The first kappa shape index (κ1) is 10.9. The molecule has 3 aromatic rings. The number of benzene rings is 1. The van der Waals surface area contributed by atoms with Gasteiger partial charge in [0.1, 0.15) is 4.70 Å². The molecule has 0 spiro atoms. The summed E-state index contributed by atoms with van der Waals surface area (Å²) in [5.41, 5.74) is 2.92. The minimum absolute atomic E-state index is 0.925. The van der Waals surface area contributed by atoms with Gasteiger partial charge in [-0.25, -0.2) is 0 Å². The SMILES string of the molecule is c1ccc2c(c1)sc1scc(CC3CCCC3)[n+]12. The summed E-state index contributed by atoms with van der Waals surface area (Å²) in [5, 5.41) is 2.37. The summed E-state index contributed by atoms with van der Waals surface area (Å²) in [5.74, 6) is 0.925. The van der Waals surface area contributed by atoms with E-state index in [0.717, 1.165) is 5.92 Å². The Balaban J connectivity index is 1.84. The van der Waals surface area contributed by atoms with Crippen molar-refractivity contribution >= 4 is 37.0 Å². The molecule has 0 atom stereocenters. The quantitative estimate of drug-likeness (QED) is 0.609. The third kappa shape index (κ3) is 1.69. The zero-order chi connectivity index (χ0) is 11.9. The minimum Gasteiger partial charge on any atom is -0.137 e. The van der Waals surface area contributed by atoms with Crippen LogP contribution in [0.25, 0.3) is 14.4 Å². The third-order valence-corrected chi connectivity index (χ3v) is 6.28. The van der Waals surface area contributed by atoms with Crippen molar-refractivity contribution in [1.29, 1.82) is 0 Å². The molecule has 0 radical (unpaired) electrons. The summed E-state index contributed by atoms with van der Waals surface area (Å²) in [7, 11) is 0. The highest BCUT2D eigenvalue weighted by Gasteiger charge is 2.24. The second-order valence-corrected chi connectivity index (χ2v) is 7.40. The smallest absolute Gasteiger partial charge is 0.137 e. The molecular formula is C15H16NS2+. The van der Waals surface area contributed by atoms with Gasteiger partial charge in [-0.2, -0.15) is 0 Å². The Morgan fingerprint density at radius 3 is 2.89 bits per heavy atom. The normalized spacial score (nSPS) is 17.1. The molecule has 1 aromatic carbocycles. The molecule has 1 aliphatic rings. The Labute approximate surface area is 115 Å². The summed E-state index contributed by atoms with van der Waals surface area (Å²) in [6, 6.07) is 8.78. The maximum absolute atomic E-state index is 2.49. The van der Waals surface area contributed by atoms with Crippen LogP contribution in [0.15, 0.2) is 29.6 Å². The molecule has 18 heavy (non-hydrogen) atoms. The van der Waals surface area contributed by atoms with Gasteiger partial charge in [-0.05, 0) is 24.8 Å². The van der Waals surface area contributed by atoms with Gasteiger partial charge < -0.3 is 0 Å². The van der Waals surface area contributed by atoms with Crippen LogP contribution in [-0.4, -0.2) is 0 Å². The van der Waals surface area contributed by atoms with Gasteiger partial charge in [0.15, 0.2) is 5.69 Å². The predicted molar refractivity (Wildman–Crippen MR) is 78.5 cm³/mol. The lowest BCUT2D eigenvalue weighted by molar-refractivity contribution is -0.484. The molecule has 0 N–H and O–H groups in total. The first-order valence-corrected chi connectivity index (χ1v) is 8.41. The highest BCUT2D eigenvalue weighted by atomic mass is 32.2. The molecule has 0 aliphatic heterocycles. The van der Waals surface area contributed by atoms with Gasteiger partial charge in [0.2, 0.25) is 5.52 Å². The van der Waals surface area contributed by atoms with Gasteiger partial charge in [-0.3, -0.25) is 0 Å².